The Hall–Kier alpha value is -1.28. The molecular formula is C7H6N2O2S. The predicted octanol–water partition coefficient (Wildman–Crippen LogP) is 0.126. The smallest absolute Gasteiger partial charge is 0.272 e. The summed E-state index contributed by atoms with van der Waals surface area (Å²) in [5, 5.41) is 8.55. The minimum atomic E-state index is -0.508. The van der Waals surface area contributed by atoms with Crippen molar-refractivity contribution in [3.8, 4) is 6.07 Å². The SMILES string of the molecule is CSC1=C(C#N)C(=O)N(C)C1=O. The van der Waals surface area contributed by atoms with E-state index in [-0.39, 0.29) is 16.4 Å². The lowest BCUT2D eigenvalue weighted by Crippen LogP contribution is -2.26. The molecule has 0 aliphatic carbocycles. The summed E-state index contributed by atoms with van der Waals surface area (Å²) in [6.07, 6.45) is 1.66. The summed E-state index contributed by atoms with van der Waals surface area (Å²) in [6, 6.07) is 1.72. The van der Waals surface area contributed by atoms with Crippen LogP contribution < -0.4 is 0 Å². The number of imide groups is 1. The topological polar surface area (TPSA) is 61.2 Å². The van der Waals surface area contributed by atoms with Crippen LogP contribution in [0.1, 0.15) is 0 Å². The minimum Gasteiger partial charge on any atom is -0.276 e. The number of nitriles is 1. The molecule has 0 unspecified atom stereocenters. The van der Waals surface area contributed by atoms with E-state index in [0.29, 0.717) is 0 Å². The van der Waals surface area contributed by atoms with Gasteiger partial charge in [-0.05, 0) is 6.26 Å². The van der Waals surface area contributed by atoms with Gasteiger partial charge in [-0.15, -0.1) is 11.8 Å². The Morgan fingerprint density at radius 3 is 2.33 bits per heavy atom. The van der Waals surface area contributed by atoms with Crippen molar-refractivity contribution in [1.29, 1.82) is 5.26 Å². The van der Waals surface area contributed by atoms with Gasteiger partial charge in [-0.25, -0.2) is 0 Å². The maximum atomic E-state index is 11.2. The van der Waals surface area contributed by atoms with Gasteiger partial charge in [0.15, 0.2) is 0 Å². The van der Waals surface area contributed by atoms with E-state index in [9.17, 15) is 9.59 Å². The maximum absolute atomic E-state index is 11.2. The number of thioether (sulfide) groups is 1. The molecule has 62 valence electrons. The highest BCUT2D eigenvalue weighted by Gasteiger charge is 2.35. The normalized spacial score (nSPS) is 17.2. The number of amides is 2. The minimum absolute atomic E-state index is 0.0463. The molecular weight excluding hydrogens is 176 g/mol. The van der Waals surface area contributed by atoms with Gasteiger partial charge in [0.25, 0.3) is 11.8 Å². The molecule has 0 N–H and O–H groups in total. The van der Waals surface area contributed by atoms with Gasteiger partial charge in [0.1, 0.15) is 11.6 Å². The zero-order valence-electron chi connectivity index (χ0n) is 6.62. The zero-order chi connectivity index (χ0) is 9.30. The third-order valence-corrected chi connectivity index (χ3v) is 2.35. The van der Waals surface area contributed by atoms with E-state index in [1.54, 1.807) is 12.3 Å². The van der Waals surface area contributed by atoms with Crippen LogP contribution in [0.2, 0.25) is 0 Å². The molecule has 4 nitrogen and oxygen atoms in total. The Labute approximate surface area is 73.8 Å². The van der Waals surface area contributed by atoms with Crippen LogP contribution in [-0.2, 0) is 9.59 Å². The molecule has 0 aromatic rings. The molecule has 0 radical (unpaired) electrons. The van der Waals surface area contributed by atoms with Gasteiger partial charge in [0.05, 0.1) is 4.91 Å². The summed E-state index contributed by atoms with van der Waals surface area (Å²) in [7, 11) is 1.37. The zero-order valence-corrected chi connectivity index (χ0v) is 7.44. The fourth-order valence-electron chi connectivity index (χ4n) is 0.904. The molecule has 0 saturated carbocycles. The molecule has 1 aliphatic rings. The van der Waals surface area contributed by atoms with Gasteiger partial charge in [0, 0.05) is 7.05 Å². The van der Waals surface area contributed by atoms with Gasteiger partial charge >= 0.3 is 0 Å². The average Bonchev–Trinajstić information content (AvgIpc) is 2.29. The van der Waals surface area contributed by atoms with Crippen LogP contribution in [0.5, 0.6) is 0 Å². The number of likely N-dealkylation sites (N-methyl/N-ethyl adjacent to an activating group) is 1. The van der Waals surface area contributed by atoms with E-state index in [1.165, 1.54) is 7.05 Å². The average molecular weight is 182 g/mol. The summed E-state index contributed by atoms with van der Waals surface area (Å²) in [4.78, 5) is 23.5. The Balaban J connectivity index is 3.21. The molecule has 2 amide bonds. The van der Waals surface area contributed by atoms with Crippen molar-refractivity contribution in [2.24, 2.45) is 0 Å². The van der Waals surface area contributed by atoms with Crippen molar-refractivity contribution < 1.29 is 9.59 Å². The van der Waals surface area contributed by atoms with Crippen molar-refractivity contribution in [3.63, 3.8) is 0 Å². The first-order valence-electron chi connectivity index (χ1n) is 3.14. The van der Waals surface area contributed by atoms with Crippen LogP contribution in [-0.4, -0.2) is 30.0 Å². The van der Waals surface area contributed by atoms with Crippen LogP contribution in [0.4, 0.5) is 0 Å². The van der Waals surface area contributed by atoms with Gasteiger partial charge < -0.3 is 0 Å². The second-order valence-corrected chi connectivity index (χ2v) is 3.01. The molecule has 1 aliphatic heterocycles. The molecule has 1 heterocycles. The van der Waals surface area contributed by atoms with Crippen molar-refractivity contribution in [1.82, 2.24) is 4.90 Å². The third-order valence-electron chi connectivity index (χ3n) is 1.56. The Morgan fingerprint density at radius 2 is 2.00 bits per heavy atom. The Bertz CT molecular complexity index is 327. The second-order valence-electron chi connectivity index (χ2n) is 2.19. The summed E-state index contributed by atoms with van der Waals surface area (Å²) < 4.78 is 0. The first kappa shape index (κ1) is 8.81. The first-order chi connectivity index (χ1) is 5.63. The van der Waals surface area contributed by atoms with Gasteiger partial charge in [-0.3, -0.25) is 14.5 Å². The fraction of sp³-hybridized carbons (Fsp3) is 0.286. The lowest BCUT2D eigenvalue weighted by molar-refractivity contribution is -0.135. The van der Waals surface area contributed by atoms with Crippen molar-refractivity contribution in [2.45, 2.75) is 0 Å². The number of hydrogen-bond donors (Lipinski definition) is 0. The largest absolute Gasteiger partial charge is 0.276 e. The molecule has 0 atom stereocenters. The molecule has 0 saturated heterocycles. The van der Waals surface area contributed by atoms with Crippen LogP contribution in [0.15, 0.2) is 10.5 Å². The van der Waals surface area contributed by atoms with E-state index in [2.05, 4.69) is 0 Å². The highest BCUT2D eigenvalue weighted by Crippen LogP contribution is 2.26. The standard InChI is InChI=1S/C7H6N2O2S/c1-9-6(10)4(3-8)5(12-2)7(9)11/h1-2H3. The second kappa shape index (κ2) is 2.99. The lowest BCUT2D eigenvalue weighted by Gasteiger charge is -2.04. The Morgan fingerprint density at radius 1 is 1.42 bits per heavy atom. The molecule has 0 spiro atoms. The maximum Gasteiger partial charge on any atom is 0.272 e. The predicted molar refractivity (Wildman–Crippen MR) is 43.9 cm³/mol. The van der Waals surface area contributed by atoms with Crippen LogP contribution in [0, 0.1) is 11.3 Å². The molecule has 0 fully saturated rings. The van der Waals surface area contributed by atoms with Gasteiger partial charge in [-0.2, -0.15) is 5.26 Å². The van der Waals surface area contributed by atoms with Gasteiger partial charge in [0.2, 0.25) is 0 Å². The van der Waals surface area contributed by atoms with Crippen molar-refractivity contribution in [2.75, 3.05) is 13.3 Å². The number of hydrogen-bond acceptors (Lipinski definition) is 4. The molecule has 0 aromatic carbocycles. The molecule has 0 bridgehead atoms. The van der Waals surface area contributed by atoms with Crippen LogP contribution >= 0.6 is 11.8 Å². The number of carbonyl (C=O) groups excluding carboxylic acids is 2. The molecule has 5 heteroatoms. The first-order valence-corrected chi connectivity index (χ1v) is 4.36. The fourth-order valence-corrected chi connectivity index (χ4v) is 1.55. The summed E-state index contributed by atoms with van der Waals surface area (Å²) in [5.74, 6) is -0.893. The van der Waals surface area contributed by atoms with E-state index in [1.807, 2.05) is 0 Å². The van der Waals surface area contributed by atoms with E-state index in [4.69, 9.17) is 5.26 Å². The summed E-state index contributed by atoms with van der Waals surface area (Å²) in [5.41, 5.74) is -0.0463. The lowest BCUT2D eigenvalue weighted by atomic mass is 10.3. The number of nitrogens with zero attached hydrogens (tertiary/aromatic N) is 2. The van der Waals surface area contributed by atoms with Crippen LogP contribution in [0.25, 0.3) is 0 Å². The van der Waals surface area contributed by atoms with E-state index in [0.717, 1.165) is 16.7 Å². The van der Waals surface area contributed by atoms with E-state index < -0.39 is 5.91 Å². The quantitative estimate of drug-likeness (QED) is 0.540. The van der Waals surface area contributed by atoms with Crippen LogP contribution in [0.3, 0.4) is 0 Å². The van der Waals surface area contributed by atoms with Gasteiger partial charge in [-0.1, -0.05) is 0 Å². The molecule has 1 rings (SSSR count). The third kappa shape index (κ3) is 1.01. The van der Waals surface area contributed by atoms with Crippen molar-refractivity contribution >= 4 is 23.6 Å². The van der Waals surface area contributed by atoms with Crippen molar-refractivity contribution in [3.05, 3.63) is 10.5 Å². The summed E-state index contributed by atoms with van der Waals surface area (Å²) >= 11 is 1.13. The number of rotatable bonds is 1. The molecule has 0 aromatic heterocycles. The monoisotopic (exact) mass is 182 g/mol. The highest BCUT2D eigenvalue weighted by molar-refractivity contribution is 8.03. The number of carbonyl (C=O) groups is 2. The molecule has 12 heavy (non-hydrogen) atoms. The van der Waals surface area contributed by atoms with E-state index >= 15 is 0 Å². The highest BCUT2D eigenvalue weighted by atomic mass is 32.2. The Kier molecular flexibility index (Phi) is 2.20. The summed E-state index contributed by atoms with van der Waals surface area (Å²) in [6.45, 7) is 0.